The fourth-order valence-electron chi connectivity index (χ4n) is 1.10. The Bertz CT molecular complexity index is 151. The third kappa shape index (κ3) is 26.9. The summed E-state index contributed by atoms with van der Waals surface area (Å²) in [5, 5.41) is 20.1. The predicted octanol–water partition coefficient (Wildman–Crippen LogP) is -8.20. The van der Waals surface area contributed by atoms with Crippen LogP contribution < -0.4 is 69.3 Å². The minimum Gasteiger partial charge on any atom is -0.853 e. The molecule has 0 bridgehead atoms. The molecule has 0 rings (SSSR count). The topological polar surface area (TPSA) is 92.3 Å². The summed E-state index contributed by atoms with van der Waals surface area (Å²) in [6.45, 7) is 3.83. The first-order valence-electron chi connectivity index (χ1n) is 6.46. The molecule has 21 heavy (non-hydrogen) atoms. The van der Waals surface area contributed by atoms with Gasteiger partial charge in [0.2, 0.25) is 0 Å². The van der Waals surface area contributed by atoms with Gasteiger partial charge in [-0.25, -0.2) is 0 Å². The van der Waals surface area contributed by atoms with E-state index in [1.807, 2.05) is 0 Å². The van der Waals surface area contributed by atoms with Crippen LogP contribution in [0, 0.1) is 0 Å². The Kier molecular flexibility index (Phi) is 34.9. The molecule has 116 valence electrons. The molecule has 0 atom stereocenters. The van der Waals surface area contributed by atoms with Crippen LogP contribution in [0.2, 0.25) is 0 Å². The van der Waals surface area contributed by atoms with Gasteiger partial charge in [-0.3, -0.25) is 0 Å². The Morgan fingerprint density at radius 2 is 0.571 bits per heavy atom. The molecule has 0 spiro atoms. The molecule has 7 nitrogen and oxygen atoms in total. The monoisotopic (exact) mass is 326 g/mol. The Labute approximate surface area is 171 Å². The first-order valence-corrected chi connectivity index (χ1v) is 6.46. The van der Waals surface area contributed by atoms with Gasteiger partial charge in [-0.05, 0) is 0 Å². The van der Waals surface area contributed by atoms with Crippen LogP contribution >= 0.6 is 0 Å². The maximum atomic E-state index is 10.0. The standard InChI is InChI=1S/C12H24O7.2Na/c13-1-3-15-5-7-17-9-11-19-12-10-18-8-6-16-4-2-14;;/h1-12H2;;/q-2;2*+1. The second-order valence-corrected chi connectivity index (χ2v) is 3.47. The van der Waals surface area contributed by atoms with E-state index >= 15 is 0 Å². The number of hydrogen-bond acceptors (Lipinski definition) is 7. The molecule has 0 radical (unpaired) electrons. The molecule has 0 N–H and O–H groups in total. The van der Waals surface area contributed by atoms with Crippen molar-refractivity contribution in [1.82, 2.24) is 0 Å². The molecule has 0 aliphatic carbocycles. The molecule has 9 heteroatoms. The van der Waals surface area contributed by atoms with Crippen LogP contribution in [0.3, 0.4) is 0 Å². The van der Waals surface area contributed by atoms with Gasteiger partial charge in [0.15, 0.2) is 0 Å². The van der Waals surface area contributed by atoms with Crippen LogP contribution in [-0.2, 0) is 23.7 Å². The van der Waals surface area contributed by atoms with Gasteiger partial charge in [0, 0.05) is 13.2 Å². The first-order chi connectivity index (χ1) is 9.41. The van der Waals surface area contributed by atoms with E-state index in [-0.39, 0.29) is 85.5 Å². The molecule has 0 aliphatic heterocycles. The van der Waals surface area contributed by atoms with Crippen molar-refractivity contribution in [3.63, 3.8) is 0 Å². The van der Waals surface area contributed by atoms with Crippen molar-refractivity contribution in [2.45, 2.75) is 0 Å². The van der Waals surface area contributed by atoms with Gasteiger partial charge in [0.1, 0.15) is 0 Å². The van der Waals surface area contributed by atoms with Gasteiger partial charge in [-0.2, -0.15) is 0 Å². The summed E-state index contributed by atoms with van der Waals surface area (Å²) in [7, 11) is 0. The van der Waals surface area contributed by atoms with Gasteiger partial charge >= 0.3 is 59.1 Å². The van der Waals surface area contributed by atoms with E-state index in [0.29, 0.717) is 52.9 Å². The third-order valence-corrected chi connectivity index (χ3v) is 1.94. The van der Waals surface area contributed by atoms with E-state index in [0.717, 1.165) is 0 Å². The molecule has 0 amide bonds. The van der Waals surface area contributed by atoms with E-state index in [2.05, 4.69) is 0 Å². The molecule has 0 aromatic rings. The van der Waals surface area contributed by atoms with Crippen LogP contribution in [0.15, 0.2) is 0 Å². The fourth-order valence-corrected chi connectivity index (χ4v) is 1.10. The van der Waals surface area contributed by atoms with Crippen molar-refractivity contribution in [3.8, 4) is 0 Å². The predicted molar refractivity (Wildman–Crippen MR) is 63.8 cm³/mol. The van der Waals surface area contributed by atoms with Crippen LogP contribution in [0.5, 0.6) is 0 Å². The summed E-state index contributed by atoms with van der Waals surface area (Å²) in [6, 6.07) is 0. The third-order valence-electron chi connectivity index (χ3n) is 1.94. The molecule has 0 aromatic heterocycles. The summed E-state index contributed by atoms with van der Waals surface area (Å²) >= 11 is 0. The molecule has 0 fully saturated rings. The van der Waals surface area contributed by atoms with Gasteiger partial charge in [-0.1, -0.05) is 0 Å². The van der Waals surface area contributed by atoms with E-state index in [9.17, 15) is 10.2 Å². The SMILES string of the molecule is [Na+].[Na+].[O-]CCOCCOCCOCCOCCOCC[O-]. The molecular weight excluding hydrogens is 302 g/mol. The van der Waals surface area contributed by atoms with Crippen molar-refractivity contribution < 1.29 is 93.0 Å². The maximum Gasteiger partial charge on any atom is 1.00 e. The van der Waals surface area contributed by atoms with Crippen molar-refractivity contribution >= 4 is 0 Å². The zero-order valence-corrected chi connectivity index (χ0v) is 17.3. The second kappa shape index (κ2) is 26.6. The summed E-state index contributed by atoms with van der Waals surface area (Å²) < 4.78 is 25.6. The number of ether oxygens (including phenoxy) is 5. The first kappa shape index (κ1) is 27.6. The van der Waals surface area contributed by atoms with Crippen molar-refractivity contribution in [3.05, 3.63) is 0 Å². The van der Waals surface area contributed by atoms with Crippen molar-refractivity contribution in [2.75, 3.05) is 79.3 Å². The van der Waals surface area contributed by atoms with E-state index in [4.69, 9.17) is 23.7 Å². The Hall–Kier alpha value is 1.72. The van der Waals surface area contributed by atoms with Crippen molar-refractivity contribution in [1.29, 1.82) is 0 Å². The number of rotatable bonds is 16. The van der Waals surface area contributed by atoms with Gasteiger partial charge < -0.3 is 33.9 Å². The molecule has 0 aromatic carbocycles. The van der Waals surface area contributed by atoms with Crippen molar-refractivity contribution in [2.24, 2.45) is 0 Å². The van der Waals surface area contributed by atoms with Crippen LogP contribution in [0.1, 0.15) is 0 Å². The zero-order chi connectivity index (χ0) is 14.0. The molecule has 0 aliphatic rings. The molecular formula is C12H24Na2O7. The zero-order valence-electron chi connectivity index (χ0n) is 13.3. The summed E-state index contributed by atoms with van der Waals surface area (Å²) in [6.07, 6.45) is 0. The van der Waals surface area contributed by atoms with E-state index < -0.39 is 0 Å². The van der Waals surface area contributed by atoms with Gasteiger partial charge in [0.25, 0.3) is 0 Å². The summed E-state index contributed by atoms with van der Waals surface area (Å²) in [4.78, 5) is 0. The average Bonchev–Trinajstić information content (AvgIpc) is 2.43. The van der Waals surface area contributed by atoms with E-state index in [1.165, 1.54) is 0 Å². The fraction of sp³-hybridized carbons (Fsp3) is 1.00. The largest absolute Gasteiger partial charge is 1.00 e. The van der Waals surface area contributed by atoms with Crippen LogP contribution in [0.25, 0.3) is 0 Å². The minimum atomic E-state index is -0.217. The Morgan fingerprint density at radius 1 is 0.381 bits per heavy atom. The van der Waals surface area contributed by atoms with Gasteiger partial charge in [-0.15, -0.1) is 13.2 Å². The van der Waals surface area contributed by atoms with Crippen LogP contribution in [0.4, 0.5) is 0 Å². The Balaban J connectivity index is -0.00000162. The molecule has 0 saturated heterocycles. The Morgan fingerprint density at radius 3 is 0.762 bits per heavy atom. The quantitative estimate of drug-likeness (QED) is 0.205. The van der Waals surface area contributed by atoms with E-state index in [1.54, 1.807) is 0 Å². The average molecular weight is 326 g/mol. The molecule has 0 saturated carbocycles. The second-order valence-electron chi connectivity index (χ2n) is 3.47. The summed E-state index contributed by atoms with van der Waals surface area (Å²) in [5.74, 6) is 0. The minimum absolute atomic E-state index is 0. The number of hydrogen-bond donors (Lipinski definition) is 0. The normalized spacial score (nSPS) is 10.0. The van der Waals surface area contributed by atoms with Gasteiger partial charge in [0.05, 0.1) is 52.9 Å². The smallest absolute Gasteiger partial charge is 0.853 e. The maximum absolute atomic E-state index is 10.0. The molecule has 0 unspecified atom stereocenters. The van der Waals surface area contributed by atoms with Crippen LogP contribution in [-0.4, -0.2) is 79.3 Å². The summed E-state index contributed by atoms with van der Waals surface area (Å²) in [5.41, 5.74) is 0. The molecule has 0 heterocycles.